The van der Waals surface area contributed by atoms with Gasteiger partial charge in [0.25, 0.3) is 0 Å². The maximum atomic E-state index is 12.9. The van der Waals surface area contributed by atoms with E-state index in [9.17, 15) is 4.79 Å². The summed E-state index contributed by atoms with van der Waals surface area (Å²) >= 11 is 0. The zero-order valence-corrected chi connectivity index (χ0v) is 25.9. The standard InChI is InChI=1S/C34H45N7O/c1-24-13-15-40(16-14-24)31(42)23-41-22-28(35-25(41)2)21-38-17-19-39(20-18-38)30-8-6-7-29-32(30)37-33(36-29)26-9-11-27(12-10-26)34(3,4)5/h6-12,22,24H,13-21,23H2,1-5H3,(H,36,37). The Balaban J connectivity index is 1.08. The number of carbonyl (C=O) groups excluding carboxylic acids is 1. The highest BCUT2D eigenvalue weighted by atomic mass is 16.2. The highest BCUT2D eigenvalue weighted by Crippen LogP contribution is 2.30. The number of aromatic nitrogens is 4. The van der Waals surface area contributed by atoms with Gasteiger partial charge in [-0.1, -0.05) is 58.0 Å². The second-order valence-electron chi connectivity index (χ2n) is 13.3. The molecule has 2 aromatic carbocycles. The Morgan fingerprint density at radius 3 is 2.36 bits per heavy atom. The Morgan fingerprint density at radius 2 is 1.67 bits per heavy atom. The summed E-state index contributed by atoms with van der Waals surface area (Å²) in [5.74, 6) is 2.75. The summed E-state index contributed by atoms with van der Waals surface area (Å²) < 4.78 is 2.03. The van der Waals surface area contributed by atoms with E-state index in [1.54, 1.807) is 0 Å². The molecule has 1 N–H and O–H groups in total. The Kier molecular flexibility index (Phi) is 7.83. The Morgan fingerprint density at radius 1 is 0.952 bits per heavy atom. The largest absolute Gasteiger partial charge is 0.367 e. The van der Waals surface area contributed by atoms with E-state index in [2.05, 4.69) is 91.1 Å². The van der Waals surface area contributed by atoms with Gasteiger partial charge in [0.15, 0.2) is 0 Å². The molecule has 2 aliphatic rings. The van der Waals surface area contributed by atoms with Crippen molar-refractivity contribution in [3.8, 4) is 11.4 Å². The molecule has 0 bridgehead atoms. The number of anilines is 1. The minimum absolute atomic E-state index is 0.130. The highest BCUT2D eigenvalue weighted by molar-refractivity contribution is 5.91. The number of hydrogen-bond donors (Lipinski definition) is 1. The number of rotatable bonds is 6. The van der Waals surface area contributed by atoms with Gasteiger partial charge in [-0.15, -0.1) is 0 Å². The number of nitrogens with zero attached hydrogens (tertiary/aromatic N) is 6. The van der Waals surface area contributed by atoms with E-state index in [0.717, 1.165) is 98.5 Å². The van der Waals surface area contributed by atoms with Crippen molar-refractivity contribution in [3.63, 3.8) is 0 Å². The van der Waals surface area contributed by atoms with Crippen molar-refractivity contribution in [3.05, 3.63) is 65.7 Å². The lowest BCUT2D eigenvalue weighted by atomic mass is 9.87. The number of benzene rings is 2. The number of para-hydroxylation sites is 1. The van der Waals surface area contributed by atoms with Gasteiger partial charge in [-0.3, -0.25) is 9.69 Å². The van der Waals surface area contributed by atoms with Crippen LogP contribution in [0.1, 0.15) is 57.6 Å². The molecule has 0 unspecified atom stereocenters. The fraction of sp³-hybridized carbons (Fsp3) is 0.500. The molecule has 0 aliphatic carbocycles. The molecule has 0 spiro atoms. The molecule has 2 aromatic heterocycles. The highest BCUT2D eigenvalue weighted by Gasteiger charge is 2.23. The van der Waals surface area contributed by atoms with Crippen molar-refractivity contribution in [2.24, 2.45) is 5.92 Å². The average Bonchev–Trinajstić information content (AvgIpc) is 3.56. The first-order valence-corrected chi connectivity index (χ1v) is 15.5. The molecule has 0 radical (unpaired) electrons. The van der Waals surface area contributed by atoms with Gasteiger partial charge in [0.2, 0.25) is 5.91 Å². The molecule has 6 rings (SSSR count). The molecule has 42 heavy (non-hydrogen) atoms. The van der Waals surface area contributed by atoms with Gasteiger partial charge in [0, 0.05) is 57.6 Å². The van der Waals surface area contributed by atoms with Gasteiger partial charge in [0.05, 0.1) is 16.9 Å². The first-order valence-electron chi connectivity index (χ1n) is 15.5. The van der Waals surface area contributed by atoms with Crippen LogP contribution in [0.5, 0.6) is 0 Å². The third-order valence-corrected chi connectivity index (χ3v) is 9.08. The molecule has 4 aromatic rings. The van der Waals surface area contributed by atoms with E-state index in [4.69, 9.17) is 9.97 Å². The smallest absolute Gasteiger partial charge is 0.242 e. The molecule has 2 saturated heterocycles. The van der Waals surface area contributed by atoms with Gasteiger partial charge in [-0.25, -0.2) is 9.97 Å². The number of nitrogens with one attached hydrogen (secondary N) is 1. The third-order valence-electron chi connectivity index (χ3n) is 9.08. The summed E-state index contributed by atoms with van der Waals surface area (Å²) in [6, 6.07) is 15.2. The van der Waals surface area contributed by atoms with Crippen LogP contribution in [-0.4, -0.2) is 74.5 Å². The molecule has 0 saturated carbocycles. The molecular weight excluding hydrogens is 522 g/mol. The second kappa shape index (κ2) is 11.6. The number of likely N-dealkylation sites (tertiary alicyclic amines) is 1. The lowest BCUT2D eigenvalue weighted by Crippen LogP contribution is -2.46. The van der Waals surface area contributed by atoms with E-state index < -0.39 is 0 Å². The molecule has 2 aliphatic heterocycles. The molecule has 1 amide bonds. The van der Waals surface area contributed by atoms with Crippen molar-refractivity contribution in [1.82, 2.24) is 29.3 Å². The predicted molar refractivity (Wildman–Crippen MR) is 170 cm³/mol. The van der Waals surface area contributed by atoms with Gasteiger partial charge in [-0.2, -0.15) is 0 Å². The lowest BCUT2D eigenvalue weighted by molar-refractivity contribution is -0.133. The summed E-state index contributed by atoms with van der Waals surface area (Å²) in [6.07, 6.45) is 4.28. The number of aromatic amines is 1. The minimum Gasteiger partial charge on any atom is -0.367 e. The molecule has 4 heterocycles. The van der Waals surface area contributed by atoms with Crippen LogP contribution in [0.4, 0.5) is 5.69 Å². The van der Waals surface area contributed by atoms with Crippen LogP contribution in [0.15, 0.2) is 48.7 Å². The number of piperidine rings is 1. The number of piperazine rings is 1. The normalized spacial score (nSPS) is 17.4. The fourth-order valence-electron chi connectivity index (χ4n) is 6.23. The first kappa shape index (κ1) is 28.5. The number of aryl methyl sites for hydroxylation is 1. The Hall–Kier alpha value is -3.65. The van der Waals surface area contributed by atoms with Gasteiger partial charge in [-0.05, 0) is 48.8 Å². The Bertz CT molecular complexity index is 1530. The number of imidazole rings is 2. The van der Waals surface area contributed by atoms with Crippen LogP contribution in [0.2, 0.25) is 0 Å². The second-order valence-corrected chi connectivity index (χ2v) is 13.3. The predicted octanol–water partition coefficient (Wildman–Crippen LogP) is 5.61. The molecule has 222 valence electrons. The van der Waals surface area contributed by atoms with Crippen molar-refractivity contribution in [2.75, 3.05) is 44.2 Å². The van der Waals surface area contributed by atoms with Gasteiger partial charge in [0.1, 0.15) is 23.7 Å². The van der Waals surface area contributed by atoms with Gasteiger partial charge < -0.3 is 19.4 Å². The maximum absolute atomic E-state index is 12.9. The Labute approximate surface area is 249 Å². The summed E-state index contributed by atoms with van der Waals surface area (Å²) in [5, 5.41) is 0. The minimum atomic E-state index is 0.130. The summed E-state index contributed by atoms with van der Waals surface area (Å²) in [7, 11) is 0. The monoisotopic (exact) mass is 567 g/mol. The summed E-state index contributed by atoms with van der Waals surface area (Å²) in [6.45, 7) is 17.7. The fourth-order valence-corrected chi connectivity index (χ4v) is 6.23. The van der Waals surface area contributed by atoms with Crippen molar-refractivity contribution < 1.29 is 4.79 Å². The topological polar surface area (TPSA) is 73.3 Å². The van der Waals surface area contributed by atoms with Crippen LogP contribution in [0.25, 0.3) is 22.4 Å². The van der Waals surface area contributed by atoms with Crippen molar-refractivity contribution >= 4 is 22.6 Å². The molecule has 8 heteroatoms. The molecule has 8 nitrogen and oxygen atoms in total. The number of carbonyl (C=O) groups is 1. The summed E-state index contributed by atoms with van der Waals surface area (Å²) in [5.41, 5.74) is 6.89. The summed E-state index contributed by atoms with van der Waals surface area (Å²) in [4.78, 5) is 33.2. The third kappa shape index (κ3) is 6.09. The van der Waals surface area contributed by atoms with Crippen LogP contribution < -0.4 is 4.90 Å². The van der Waals surface area contributed by atoms with Gasteiger partial charge >= 0.3 is 0 Å². The van der Waals surface area contributed by atoms with Crippen molar-refractivity contribution in [1.29, 1.82) is 0 Å². The van der Waals surface area contributed by atoms with Crippen LogP contribution in [-0.2, 0) is 23.3 Å². The molecule has 0 atom stereocenters. The lowest BCUT2D eigenvalue weighted by Gasteiger charge is -2.35. The maximum Gasteiger partial charge on any atom is 0.242 e. The van der Waals surface area contributed by atoms with E-state index in [1.807, 2.05) is 16.4 Å². The van der Waals surface area contributed by atoms with E-state index in [-0.39, 0.29) is 11.3 Å². The molecular formula is C34H45N7O. The first-order chi connectivity index (χ1) is 20.1. The number of amides is 1. The zero-order valence-electron chi connectivity index (χ0n) is 25.9. The quantitative estimate of drug-likeness (QED) is 0.328. The average molecular weight is 568 g/mol. The molecule has 2 fully saturated rings. The van der Waals surface area contributed by atoms with E-state index in [0.29, 0.717) is 6.54 Å². The SMILES string of the molecule is Cc1nc(CN2CCN(c3cccc4[nH]c(-c5ccc(C(C)(C)C)cc5)nc34)CC2)cn1CC(=O)N1CCC(C)CC1. The zero-order chi connectivity index (χ0) is 29.4. The van der Waals surface area contributed by atoms with E-state index >= 15 is 0 Å². The van der Waals surface area contributed by atoms with Crippen LogP contribution in [0.3, 0.4) is 0 Å². The van der Waals surface area contributed by atoms with Crippen molar-refractivity contribution in [2.45, 2.75) is 66.0 Å². The number of hydrogen-bond acceptors (Lipinski definition) is 5. The van der Waals surface area contributed by atoms with Crippen LogP contribution >= 0.6 is 0 Å². The van der Waals surface area contributed by atoms with Crippen LogP contribution in [0, 0.1) is 12.8 Å². The number of fused-ring (bicyclic) bond motifs is 1. The number of H-pyrrole nitrogens is 1. The van der Waals surface area contributed by atoms with E-state index in [1.165, 1.54) is 11.3 Å².